The van der Waals surface area contributed by atoms with Crippen molar-refractivity contribution in [3.8, 4) is 0 Å². The van der Waals surface area contributed by atoms with Gasteiger partial charge in [-0.2, -0.15) is 8.42 Å². The molecule has 3 aromatic rings. The van der Waals surface area contributed by atoms with Gasteiger partial charge in [-0.1, -0.05) is 36.4 Å². The molecule has 190 valence electrons. The zero-order chi connectivity index (χ0) is 26.7. The van der Waals surface area contributed by atoms with Gasteiger partial charge in [0.2, 0.25) is 0 Å². The molecule has 0 unspecified atom stereocenters. The van der Waals surface area contributed by atoms with Crippen LogP contribution in [0.15, 0.2) is 70.5 Å². The number of carbonyl (C=O) groups is 2. The number of anilines is 2. The van der Waals surface area contributed by atoms with Crippen LogP contribution in [0, 0.1) is 0 Å². The summed E-state index contributed by atoms with van der Waals surface area (Å²) < 4.78 is 63.0. The third-order valence-electron chi connectivity index (χ3n) is 5.14. The van der Waals surface area contributed by atoms with Crippen molar-refractivity contribution in [2.75, 3.05) is 17.7 Å². The third kappa shape index (κ3) is 6.57. The number of benzene rings is 3. The number of Topliss-reactive ketones (excluding diaryl/α,β-unsaturated/α-hetero) is 1. The Hall–Kier alpha value is -3.52. The quantitative estimate of drug-likeness (QED) is 0.130. The van der Waals surface area contributed by atoms with Gasteiger partial charge >= 0.3 is 0 Å². The predicted molar refractivity (Wildman–Crippen MR) is 139 cm³/mol. The summed E-state index contributed by atoms with van der Waals surface area (Å²) in [6.07, 6.45) is 2.65. The van der Waals surface area contributed by atoms with Crippen LogP contribution in [-0.4, -0.2) is 45.4 Å². The van der Waals surface area contributed by atoms with Crippen molar-refractivity contribution in [3.05, 3.63) is 82.9 Å². The first kappa shape index (κ1) is 27.1. The van der Waals surface area contributed by atoms with E-state index in [0.717, 1.165) is 0 Å². The molecule has 0 bridgehead atoms. The van der Waals surface area contributed by atoms with E-state index in [1.54, 1.807) is 13.1 Å². The molecule has 0 heterocycles. The summed E-state index contributed by atoms with van der Waals surface area (Å²) in [6.45, 7) is 1.40. The first-order valence-electron chi connectivity index (χ1n) is 10.3. The molecule has 0 aliphatic heterocycles. The Balaban J connectivity index is 1.94. The molecular formula is C24H24N2O8S2. The summed E-state index contributed by atoms with van der Waals surface area (Å²) in [4.78, 5) is 23.3. The Morgan fingerprint density at radius 2 is 1.25 bits per heavy atom. The highest BCUT2D eigenvalue weighted by molar-refractivity contribution is 8.19. The fraction of sp³-hybridized carbons (Fsp3) is 0.0833. The molecule has 0 radical (unpaired) electrons. The van der Waals surface area contributed by atoms with Gasteiger partial charge in [0, 0.05) is 29.5 Å². The summed E-state index contributed by atoms with van der Waals surface area (Å²) >= 11 is 0. The summed E-state index contributed by atoms with van der Waals surface area (Å²) in [5.74, 6) is -0.679. The Kier molecular flexibility index (Phi) is 7.99. The Morgan fingerprint density at radius 3 is 1.75 bits per heavy atom. The molecular weight excluding hydrogens is 508 g/mol. The second-order valence-corrected chi connectivity index (χ2v) is 10.5. The molecule has 10 nitrogen and oxygen atoms in total. The maximum Gasteiger partial charge on any atom is 0.295 e. The highest BCUT2D eigenvalue weighted by atomic mass is 32.3. The van der Waals surface area contributed by atoms with Crippen LogP contribution in [0.2, 0.25) is 0 Å². The monoisotopic (exact) mass is 532 g/mol. The number of hydrogen-bond acceptors (Lipinski definition) is 8. The van der Waals surface area contributed by atoms with Crippen molar-refractivity contribution >= 4 is 56.2 Å². The predicted octanol–water partition coefficient (Wildman–Crippen LogP) is 5.18. The van der Waals surface area contributed by atoms with Crippen molar-refractivity contribution < 1.29 is 36.2 Å². The average Bonchev–Trinajstić information content (AvgIpc) is 2.82. The summed E-state index contributed by atoms with van der Waals surface area (Å²) in [5, 5.41) is 5.34. The third-order valence-corrected chi connectivity index (χ3v) is 7.00. The van der Waals surface area contributed by atoms with Gasteiger partial charge in [-0.15, -0.1) is 0 Å². The zero-order valence-electron chi connectivity index (χ0n) is 19.2. The lowest BCUT2D eigenvalue weighted by atomic mass is 10.1. The van der Waals surface area contributed by atoms with Crippen molar-refractivity contribution in [1.82, 2.24) is 0 Å². The number of nitrogens with one attached hydrogen (secondary N) is 2. The van der Waals surface area contributed by atoms with E-state index in [1.165, 1.54) is 73.7 Å². The molecule has 0 aliphatic rings. The van der Waals surface area contributed by atoms with E-state index in [0.29, 0.717) is 11.3 Å². The number of ketones is 1. The second kappa shape index (κ2) is 10.6. The Morgan fingerprint density at radius 1 is 0.750 bits per heavy atom. The molecule has 0 aliphatic carbocycles. The van der Waals surface area contributed by atoms with Crippen LogP contribution in [0.4, 0.5) is 11.4 Å². The van der Waals surface area contributed by atoms with Gasteiger partial charge in [0.1, 0.15) is 15.8 Å². The van der Waals surface area contributed by atoms with Gasteiger partial charge in [-0.05, 0) is 54.4 Å². The molecule has 0 atom stereocenters. The summed E-state index contributed by atoms with van der Waals surface area (Å²) in [7, 11) is -7.22. The zero-order valence-corrected chi connectivity index (χ0v) is 20.8. The standard InChI is InChI=1S/C24H24N2O8S2/c1-15(27)16-3-7-19(8-4-16)24(28)26-21-12-10-18(23(14-21)36(32,33)34)6-5-17-9-11-20(25-2)13-22(17)35(29,30)31/h3-14,25,32-34H,1-2H3,(H,26,28)(H,29,30,31). The summed E-state index contributed by atoms with van der Waals surface area (Å²) in [5.41, 5.74) is 1.53. The molecule has 0 saturated heterocycles. The van der Waals surface area contributed by atoms with Gasteiger partial charge in [0.25, 0.3) is 16.0 Å². The Bertz CT molecular complexity index is 1440. The van der Waals surface area contributed by atoms with Gasteiger partial charge in [0.05, 0.1) is 4.90 Å². The highest BCUT2D eigenvalue weighted by Gasteiger charge is 2.21. The lowest BCUT2D eigenvalue weighted by molar-refractivity contribution is 0.100. The fourth-order valence-corrected chi connectivity index (χ4v) is 4.72. The molecule has 0 fully saturated rings. The van der Waals surface area contributed by atoms with E-state index < -0.39 is 26.9 Å². The average molecular weight is 533 g/mol. The lowest BCUT2D eigenvalue weighted by Gasteiger charge is -2.22. The first-order chi connectivity index (χ1) is 16.8. The minimum Gasteiger partial charge on any atom is -0.388 e. The van der Waals surface area contributed by atoms with Crippen LogP contribution in [0.5, 0.6) is 0 Å². The van der Waals surface area contributed by atoms with Crippen molar-refractivity contribution in [1.29, 1.82) is 0 Å². The van der Waals surface area contributed by atoms with Crippen LogP contribution in [0.25, 0.3) is 12.2 Å². The first-order valence-corrected chi connectivity index (χ1v) is 13.3. The molecule has 0 saturated carbocycles. The topological polar surface area (TPSA) is 173 Å². The highest BCUT2D eigenvalue weighted by Crippen LogP contribution is 2.47. The largest absolute Gasteiger partial charge is 0.388 e. The minimum atomic E-state index is -4.56. The fourth-order valence-electron chi connectivity index (χ4n) is 3.28. The van der Waals surface area contributed by atoms with Gasteiger partial charge in [-0.3, -0.25) is 14.1 Å². The van der Waals surface area contributed by atoms with Gasteiger partial charge < -0.3 is 24.3 Å². The van der Waals surface area contributed by atoms with Crippen LogP contribution < -0.4 is 10.6 Å². The molecule has 3 rings (SSSR count). The van der Waals surface area contributed by atoms with Crippen LogP contribution >= 0.6 is 10.9 Å². The number of rotatable bonds is 8. The van der Waals surface area contributed by atoms with Crippen LogP contribution in [0.1, 0.15) is 38.8 Å². The second-order valence-electron chi connectivity index (χ2n) is 7.67. The molecule has 0 spiro atoms. The van der Waals surface area contributed by atoms with Crippen molar-refractivity contribution in [2.45, 2.75) is 16.7 Å². The van der Waals surface area contributed by atoms with Crippen molar-refractivity contribution in [2.24, 2.45) is 0 Å². The number of carbonyl (C=O) groups excluding carboxylic acids is 2. The van der Waals surface area contributed by atoms with E-state index in [9.17, 15) is 36.2 Å². The minimum absolute atomic E-state index is 0.114. The van der Waals surface area contributed by atoms with Gasteiger partial charge in [-0.25, -0.2) is 0 Å². The maximum absolute atomic E-state index is 12.6. The maximum atomic E-state index is 12.6. The van der Waals surface area contributed by atoms with Crippen molar-refractivity contribution in [3.63, 3.8) is 0 Å². The van der Waals surface area contributed by atoms with Crippen LogP contribution in [0.3, 0.4) is 0 Å². The van der Waals surface area contributed by atoms with E-state index in [1.807, 2.05) is 0 Å². The van der Waals surface area contributed by atoms with E-state index in [2.05, 4.69) is 10.6 Å². The van der Waals surface area contributed by atoms with E-state index in [-0.39, 0.29) is 38.0 Å². The van der Waals surface area contributed by atoms with Gasteiger partial charge in [0.15, 0.2) is 5.78 Å². The van der Waals surface area contributed by atoms with E-state index >= 15 is 0 Å². The smallest absolute Gasteiger partial charge is 0.295 e. The number of amides is 1. The molecule has 0 aromatic heterocycles. The number of hydrogen-bond donors (Lipinski definition) is 6. The molecule has 1 amide bonds. The van der Waals surface area contributed by atoms with Crippen LogP contribution in [-0.2, 0) is 10.1 Å². The normalized spacial score (nSPS) is 12.4. The lowest BCUT2D eigenvalue weighted by Crippen LogP contribution is -2.12. The van der Waals surface area contributed by atoms with E-state index in [4.69, 9.17) is 0 Å². The summed E-state index contributed by atoms with van der Waals surface area (Å²) in [6, 6.07) is 14.2. The molecule has 36 heavy (non-hydrogen) atoms. The Labute approximate surface area is 209 Å². The molecule has 3 aromatic carbocycles. The molecule has 6 N–H and O–H groups in total. The molecule has 12 heteroatoms. The SMILES string of the molecule is CNc1ccc(C=Cc2ccc(NC(=O)c3ccc(C(C)=O)cc3)cc2S(O)(O)O)c(S(=O)(=O)O)c1.